The molecule has 0 spiro atoms. The predicted octanol–water partition coefficient (Wildman–Crippen LogP) is 6.74. The standard InChI is InChI=1S/C25H28F7NO/c26-21-15-20(19-5-2-1-3-6-19)7-12-23(21,25(30,31)32)34-16-18-8-13-33(14-9-18)17-22(10-4-11-22)24(27,28)29/h1-3,5-7,12,15,18,21H,4,8-11,13-14,16-17H2. The van der Waals surface area contributed by atoms with Crippen LogP contribution in [0.5, 0.6) is 0 Å². The summed E-state index contributed by atoms with van der Waals surface area (Å²) in [6.07, 6.45) is -7.10. The van der Waals surface area contributed by atoms with Gasteiger partial charge in [-0.1, -0.05) is 42.8 Å². The minimum Gasteiger partial charge on any atom is -0.358 e. The van der Waals surface area contributed by atoms with Crippen molar-refractivity contribution in [3.05, 3.63) is 54.1 Å². The smallest absolute Gasteiger partial charge is 0.358 e. The fraction of sp³-hybridized carbons (Fsp3) is 0.600. The van der Waals surface area contributed by atoms with Gasteiger partial charge < -0.3 is 9.64 Å². The Kier molecular flexibility index (Phi) is 6.90. The quantitative estimate of drug-likeness (QED) is 0.409. The molecule has 2 fully saturated rings. The number of benzene rings is 1. The maximum atomic E-state index is 15.0. The summed E-state index contributed by atoms with van der Waals surface area (Å²) in [5, 5.41) is 0. The molecule has 2 unspecified atom stereocenters. The minimum absolute atomic E-state index is 0.0705. The Morgan fingerprint density at radius 1 is 0.941 bits per heavy atom. The first-order valence-corrected chi connectivity index (χ1v) is 11.6. The summed E-state index contributed by atoms with van der Waals surface area (Å²) in [6.45, 7) is 0.339. The first kappa shape index (κ1) is 25.2. The monoisotopic (exact) mass is 491 g/mol. The van der Waals surface area contributed by atoms with E-state index >= 15 is 4.39 Å². The Hall–Kier alpha value is -1.87. The molecular weight excluding hydrogens is 463 g/mol. The maximum Gasteiger partial charge on any atom is 0.424 e. The van der Waals surface area contributed by atoms with Gasteiger partial charge in [0.2, 0.25) is 5.60 Å². The van der Waals surface area contributed by atoms with Crippen molar-refractivity contribution < 1.29 is 35.5 Å². The van der Waals surface area contributed by atoms with Crippen molar-refractivity contribution in [2.75, 3.05) is 26.2 Å². The topological polar surface area (TPSA) is 12.5 Å². The average molecular weight is 491 g/mol. The van der Waals surface area contributed by atoms with Gasteiger partial charge in [-0.15, -0.1) is 0 Å². The Bertz CT molecular complexity index is 896. The summed E-state index contributed by atoms with van der Waals surface area (Å²) in [6, 6.07) is 8.56. The number of halogens is 7. The van der Waals surface area contributed by atoms with Crippen LogP contribution in [0, 0.1) is 11.3 Å². The average Bonchev–Trinajstić information content (AvgIpc) is 2.75. The molecule has 1 aliphatic heterocycles. The summed E-state index contributed by atoms with van der Waals surface area (Å²) in [7, 11) is 0. The third kappa shape index (κ3) is 4.78. The number of nitrogens with zero attached hydrogens (tertiary/aromatic N) is 1. The molecule has 1 aromatic rings. The van der Waals surface area contributed by atoms with Gasteiger partial charge in [0.25, 0.3) is 0 Å². The summed E-state index contributed by atoms with van der Waals surface area (Å²) >= 11 is 0. The Morgan fingerprint density at radius 2 is 1.59 bits per heavy atom. The van der Waals surface area contributed by atoms with Crippen LogP contribution in [0.3, 0.4) is 0 Å². The van der Waals surface area contributed by atoms with Gasteiger partial charge in [-0.05, 0) is 68.0 Å². The molecule has 1 saturated carbocycles. The van der Waals surface area contributed by atoms with E-state index in [1.807, 2.05) is 0 Å². The largest absolute Gasteiger partial charge is 0.424 e. The predicted molar refractivity (Wildman–Crippen MR) is 115 cm³/mol. The lowest BCUT2D eigenvalue weighted by molar-refractivity contribution is -0.275. The van der Waals surface area contributed by atoms with E-state index in [-0.39, 0.29) is 31.9 Å². The third-order valence-electron chi connectivity index (χ3n) is 7.50. The second kappa shape index (κ2) is 9.30. The number of hydrogen-bond donors (Lipinski definition) is 0. The first-order chi connectivity index (χ1) is 16.0. The van der Waals surface area contributed by atoms with Gasteiger partial charge in [-0.25, -0.2) is 4.39 Å². The number of rotatable bonds is 6. The zero-order valence-corrected chi connectivity index (χ0v) is 18.6. The third-order valence-corrected chi connectivity index (χ3v) is 7.50. The maximum absolute atomic E-state index is 15.0. The number of allylic oxidation sites excluding steroid dienone is 2. The van der Waals surface area contributed by atoms with Gasteiger partial charge in [0.15, 0.2) is 6.17 Å². The summed E-state index contributed by atoms with van der Waals surface area (Å²) in [4.78, 5) is 1.75. The molecule has 3 aliphatic rings. The van der Waals surface area contributed by atoms with Crippen LogP contribution < -0.4 is 0 Å². The van der Waals surface area contributed by atoms with Crippen molar-refractivity contribution in [2.24, 2.45) is 11.3 Å². The van der Waals surface area contributed by atoms with Crippen LogP contribution in [-0.4, -0.2) is 55.3 Å². The van der Waals surface area contributed by atoms with Gasteiger partial charge in [0, 0.05) is 6.54 Å². The molecule has 0 aromatic heterocycles. The molecule has 188 valence electrons. The van der Waals surface area contributed by atoms with Crippen molar-refractivity contribution in [3.63, 3.8) is 0 Å². The molecule has 0 amide bonds. The second-order valence-electron chi connectivity index (χ2n) is 9.68. The number of hydrogen-bond acceptors (Lipinski definition) is 2. The molecule has 34 heavy (non-hydrogen) atoms. The molecule has 1 saturated heterocycles. The summed E-state index contributed by atoms with van der Waals surface area (Å²) < 4.78 is 103. The molecule has 0 bridgehead atoms. The van der Waals surface area contributed by atoms with Gasteiger partial charge in [-0.2, -0.15) is 26.3 Å². The zero-order chi connectivity index (χ0) is 24.6. The van der Waals surface area contributed by atoms with Crippen molar-refractivity contribution in [1.29, 1.82) is 0 Å². The van der Waals surface area contributed by atoms with E-state index in [0.717, 1.165) is 12.2 Å². The molecule has 2 nitrogen and oxygen atoms in total. The molecular formula is C25H28F7NO. The summed E-state index contributed by atoms with van der Waals surface area (Å²) in [5.41, 5.74) is -3.78. The Morgan fingerprint density at radius 3 is 2.09 bits per heavy atom. The SMILES string of the molecule is FC1C=C(c2ccccc2)C=CC1(OCC1CCN(CC2(C(F)(F)F)CCC2)CC1)C(F)(F)F. The van der Waals surface area contributed by atoms with Gasteiger partial charge in [0.1, 0.15) is 0 Å². The fourth-order valence-electron chi connectivity index (χ4n) is 5.06. The van der Waals surface area contributed by atoms with E-state index < -0.39 is 29.5 Å². The van der Waals surface area contributed by atoms with Crippen LogP contribution >= 0.6 is 0 Å². The van der Waals surface area contributed by atoms with Crippen LogP contribution in [-0.2, 0) is 4.74 Å². The van der Waals surface area contributed by atoms with Crippen LogP contribution in [0.15, 0.2) is 48.6 Å². The Balaban J connectivity index is 1.36. The van der Waals surface area contributed by atoms with Crippen molar-refractivity contribution in [3.8, 4) is 0 Å². The molecule has 0 radical (unpaired) electrons. The van der Waals surface area contributed by atoms with Crippen LogP contribution in [0.4, 0.5) is 30.7 Å². The van der Waals surface area contributed by atoms with Crippen LogP contribution in [0.1, 0.15) is 37.7 Å². The molecule has 9 heteroatoms. The van der Waals surface area contributed by atoms with Crippen LogP contribution in [0.25, 0.3) is 5.57 Å². The lowest BCUT2D eigenvalue weighted by atomic mass is 9.67. The highest BCUT2D eigenvalue weighted by Crippen LogP contribution is 2.53. The van der Waals surface area contributed by atoms with Crippen molar-refractivity contribution in [2.45, 2.75) is 56.2 Å². The molecule has 2 aliphatic carbocycles. The van der Waals surface area contributed by atoms with E-state index in [2.05, 4.69) is 0 Å². The summed E-state index contributed by atoms with van der Waals surface area (Å²) in [5.74, 6) is -0.279. The number of piperidine rings is 1. The highest BCUT2D eigenvalue weighted by atomic mass is 19.4. The van der Waals surface area contributed by atoms with Crippen LogP contribution in [0.2, 0.25) is 0 Å². The Labute approximate surface area is 194 Å². The van der Waals surface area contributed by atoms with Gasteiger partial charge >= 0.3 is 12.4 Å². The zero-order valence-electron chi connectivity index (χ0n) is 18.6. The van der Waals surface area contributed by atoms with Crippen molar-refractivity contribution in [1.82, 2.24) is 4.90 Å². The highest BCUT2D eigenvalue weighted by Gasteiger charge is 2.61. The number of alkyl halides is 7. The van der Waals surface area contributed by atoms with E-state index in [1.54, 1.807) is 35.2 Å². The lowest BCUT2D eigenvalue weighted by Gasteiger charge is -2.47. The second-order valence-corrected chi connectivity index (χ2v) is 9.68. The van der Waals surface area contributed by atoms with E-state index in [0.29, 0.717) is 43.5 Å². The highest BCUT2D eigenvalue weighted by molar-refractivity contribution is 5.76. The molecule has 2 atom stereocenters. The normalized spacial score (nSPS) is 28.4. The molecule has 0 N–H and O–H groups in total. The number of ether oxygens (including phenoxy) is 1. The molecule has 1 heterocycles. The molecule has 1 aromatic carbocycles. The van der Waals surface area contributed by atoms with Gasteiger partial charge in [-0.3, -0.25) is 0 Å². The fourth-order valence-corrected chi connectivity index (χ4v) is 5.06. The lowest BCUT2D eigenvalue weighted by Crippen LogP contribution is -2.55. The van der Waals surface area contributed by atoms with E-state index in [4.69, 9.17) is 4.74 Å². The van der Waals surface area contributed by atoms with E-state index in [9.17, 15) is 26.3 Å². The minimum atomic E-state index is -4.97. The first-order valence-electron chi connectivity index (χ1n) is 11.6. The van der Waals surface area contributed by atoms with E-state index in [1.165, 1.54) is 6.08 Å². The van der Waals surface area contributed by atoms with Gasteiger partial charge in [0.05, 0.1) is 12.0 Å². The molecule has 4 rings (SSSR count). The van der Waals surface area contributed by atoms with Crippen molar-refractivity contribution >= 4 is 5.57 Å². The number of likely N-dealkylation sites (tertiary alicyclic amines) is 1.